The van der Waals surface area contributed by atoms with Crippen molar-refractivity contribution in [1.82, 2.24) is 5.32 Å². The van der Waals surface area contributed by atoms with E-state index in [2.05, 4.69) is 38.2 Å². The quantitative estimate of drug-likeness (QED) is 0.794. The monoisotopic (exact) mass is 237 g/mol. The Balaban J connectivity index is 1.80. The Morgan fingerprint density at radius 3 is 2.69 bits per heavy atom. The van der Waals surface area contributed by atoms with Gasteiger partial charge in [-0.3, -0.25) is 0 Å². The summed E-state index contributed by atoms with van der Waals surface area (Å²) in [5.41, 5.74) is 0. The van der Waals surface area contributed by atoms with E-state index >= 15 is 0 Å². The van der Waals surface area contributed by atoms with Gasteiger partial charge in [0.25, 0.3) is 0 Å². The number of aryl methyl sites for hydroxylation is 1. The van der Waals surface area contributed by atoms with Crippen molar-refractivity contribution in [3.8, 4) is 0 Å². The zero-order valence-electron chi connectivity index (χ0n) is 10.6. The van der Waals surface area contributed by atoms with Crippen LogP contribution < -0.4 is 5.32 Å². The summed E-state index contributed by atoms with van der Waals surface area (Å²) in [4.78, 5) is 2.94. The summed E-state index contributed by atoms with van der Waals surface area (Å²) in [6, 6.07) is 5.88. The maximum Gasteiger partial charge on any atom is 0.00953 e. The molecule has 0 saturated heterocycles. The molecule has 1 aromatic rings. The van der Waals surface area contributed by atoms with Crippen LogP contribution >= 0.6 is 11.3 Å². The highest BCUT2D eigenvalue weighted by Gasteiger charge is 2.30. The molecular formula is C14H23NS. The van der Waals surface area contributed by atoms with Gasteiger partial charge >= 0.3 is 0 Å². The molecule has 2 atom stereocenters. The lowest BCUT2D eigenvalue weighted by Crippen LogP contribution is -2.38. The van der Waals surface area contributed by atoms with Crippen molar-refractivity contribution in [2.24, 2.45) is 5.92 Å². The fraction of sp³-hybridized carbons (Fsp3) is 0.714. The highest BCUT2D eigenvalue weighted by atomic mass is 32.1. The van der Waals surface area contributed by atoms with Crippen molar-refractivity contribution in [1.29, 1.82) is 0 Å². The van der Waals surface area contributed by atoms with Gasteiger partial charge < -0.3 is 5.32 Å². The van der Waals surface area contributed by atoms with E-state index in [1.54, 1.807) is 0 Å². The van der Waals surface area contributed by atoms with Crippen LogP contribution in [0.3, 0.4) is 0 Å². The summed E-state index contributed by atoms with van der Waals surface area (Å²) in [5.74, 6) is 0.970. The van der Waals surface area contributed by atoms with E-state index in [9.17, 15) is 0 Å². The predicted molar refractivity (Wildman–Crippen MR) is 72.2 cm³/mol. The van der Waals surface area contributed by atoms with E-state index in [-0.39, 0.29) is 0 Å². The highest BCUT2D eigenvalue weighted by molar-refractivity contribution is 7.11. The third-order valence-electron chi connectivity index (χ3n) is 3.43. The van der Waals surface area contributed by atoms with Crippen LogP contribution in [0.15, 0.2) is 12.1 Å². The van der Waals surface area contributed by atoms with Crippen molar-refractivity contribution in [2.45, 2.75) is 58.5 Å². The number of hydrogen-bond acceptors (Lipinski definition) is 2. The second-order valence-electron chi connectivity index (χ2n) is 5.14. The lowest BCUT2D eigenvalue weighted by Gasteiger charge is -2.21. The summed E-state index contributed by atoms with van der Waals surface area (Å²) >= 11 is 1.93. The van der Waals surface area contributed by atoms with Gasteiger partial charge in [0.2, 0.25) is 0 Å². The number of hydrogen-bond donors (Lipinski definition) is 1. The van der Waals surface area contributed by atoms with Crippen molar-refractivity contribution in [2.75, 3.05) is 0 Å². The molecule has 1 aliphatic rings. The fourth-order valence-electron chi connectivity index (χ4n) is 2.41. The third kappa shape index (κ3) is 3.33. The third-order valence-corrected chi connectivity index (χ3v) is 4.46. The summed E-state index contributed by atoms with van der Waals surface area (Å²) < 4.78 is 0. The molecule has 1 aromatic heterocycles. The van der Waals surface area contributed by atoms with E-state index < -0.39 is 0 Å². The molecule has 2 heteroatoms. The van der Waals surface area contributed by atoms with E-state index in [0.717, 1.165) is 12.0 Å². The van der Waals surface area contributed by atoms with Crippen LogP contribution in [0.5, 0.6) is 0 Å². The number of nitrogens with one attached hydrogen (secondary N) is 1. The molecule has 2 unspecified atom stereocenters. The number of rotatable bonds is 6. The summed E-state index contributed by atoms with van der Waals surface area (Å²) in [5, 5.41) is 3.79. The van der Waals surface area contributed by atoms with Crippen LogP contribution in [0, 0.1) is 12.8 Å². The molecule has 0 spiro atoms. The van der Waals surface area contributed by atoms with Gasteiger partial charge in [-0.05, 0) is 57.6 Å². The molecule has 1 nitrogen and oxygen atoms in total. The lowest BCUT2D eigenvalue weighted by atomic mass is 10.1. The smallest absolute Gasteiger partial charge is 0.00953 e. The lowest BCUT2D eigenvalue weighted by molar-refractivity contribution is 0.398. The van der Waals surface area contributed by atoms with Gasteiger partial charge in [-0.15, -0.1) is 11.3 Å². The first-order valence-corrected chi connectivity index (χ1v) is 7.32. The molecule has 1 heterocycles. The Hall–Kier alpha value is -0.340. The molecule has 0 aromatic carbocycles. The molecule has 1 aliphatic carbocycles. The maximum atomic E-state index is 3.79. The summed E-state index contributed by atoms with van der Waals surface area (Å²) in [6.45, 7) is 6.81. The standard InChI is InChI=1S/C14H23NS/c1-4-14(12-6-7-12)15-10(2)9-13-8-5-11(3)16-13/h5,8,10,12,14-15H,4,6-7,9H2,1-3H3. The topological polar surface area (TPSA) is 12.0 Å². The van der Waals surface area contributed by atoms with Crippen LogP contribution in [-0.4, -0.2) is 12.1 Å². The van der Waals surface area contributed by atoms with Crippen molar-refractivity contribution in [3.05, 3.63) is 21.9 Å². The van der Waals surface area contributed by atoms with Crippen molar-refractivity contribution >= 4 is 11.3 Å². The Morgan fingerprint density at radius 2 is 2.19 bits per heavy atom. The molecule has 1 fully saturated rings. The largest absolute Gasteiger partial charge is 0.311 e. The molecule has 16 heavy (non-hydrogen) atoms. The summed E-state index contributed by atoms with van der Waals surface area (Å²) in [6.07, 6.45) is 5.34. The molecule has 1 N–H and O–H groups in total. The van der Waals surface area contributed by atoms with Crippen LogP contribution in [0.2, 0.25) is 0 Å². The zero-order valence-corrected chi connectivity index (χ0v) is 11.4. The maximum absolute atomic E-state index is 3.79. The minimum absolute atomic E-state index is 0.614. The van der Waals surface area contributed by atoms with Gasteiger partial charge in [0.05, 0.1) is 0 Å². The second-order valence-corrected chi connectivity index (χ2v) is 6.51. The minimum atomic E-state index is 0.614. The van der Waals surface area contributed by atoms with Crippen LogP contribution in [0.1, 0.15) is 42.9 Å². The van der Waals surface area contributed by atoms with Gasteiger partial charge in [-0.25, -0.2) is 0 Å². The Bertz CT molecular complexity index is 327. The first-order chi connectivity index (χ1) is 7.69. The molecule has 0 bridgehead atoms. The van der Waals surface area contributed by atoms with E-state index in [0.29, 0.717) is 6.04 Å². The van der Waals surface area contributed by atoms with Crippen LogP contribution in [0.4, 0.5) is 0 Å². The zero-order chi connectivity index (χ0) is 11.5. The van der Waals surface area contributed by atoms with Crippen molar-refractivity contribution in [3.63, 3.8) is 0 Å². The van der Waals surface area contributed by atoms with Crippen molar-refractivity contribution < 1.29 is 0 Å². The minimum Gasteiger partial charge on any atom is -0.311 e. The molecule has 0 aliphatic heterocycles. The highest BCUT2D eigenvalue weighted by Crippen LogP contribution is 2.34. The molecule has 90 valence electrons. The fourth-order valence-corrected chi connectivity index (χ4v) is 3.43. The Labute approximate surface area is 103 Å². The van der Waals surface area contributed by atoms with E-state index in [1.165, 1.54) is 35.4 Å². The molecule has 2 rings (SSSR count). The first kappa shape index (κ1) is 12.1. The first-order valence-electron chi connectivity index (χ1n) is 6.50. The Morgan fingerprint density at radius 1 is 1.44 bits per heavy atom. The van der Waals surface area contributed by atoms with Gasteiger partial charge in [-0.1, -0.05) is 6.92 Å². The normalized spacial score (nSPS) is 19.7. The Kier molecular flexibility index (Phi) is 4.04. The molecular weight excluding hydrogens is 214 g/mol. The average molecular weight is 237 g/mol. The molecule has 0 amide bonds. The SMILES string of the molecule is CCC(NC(C)Cc1ccc(C)s1)C1CC1. The van der Waals surface area contributed by atoms with E-state index in [4.69, 9.17) is 0 Å². The average Bonchev–Trinajstić information content (AvgIpc) is 3.00. The molecule has 0 radical (unpaired) electrons. The van der Waals surface area contributed by atoms with Gasteiger partial charge in [0, 0.05) is 21.8 Å². The van der Waals surface area contributed by atoms with E-state index in [1.807, 2.05) is 11.3 Å². The molecule has 1 saturated carbocycles. The van der Waals surface area contributed by atoms with Gasteiger partial charge in [0.1, 0.15) is 0 Å². The van der Waals surface area contributed by atoms with Gasteiger partial charge in [0.15, 0.2) is 0 Å². The van der Waals surface area contributed by atoms with Crippen LogP contribution in [0.25, 0.3) is 0 Å². The number of thiophene rings is 1. The van der Waals surface area contributed by atoms with Crippen LogP contribution in [-0.2, 0) is 6.42 Å². The van der Waals surface area contributed by atoms with Gasteiger partial charge in [-0.2, -0.15) is 0 Å². The summed E-state index contributed by atoms with van der Waals surface area (Å²) in [7, 11) is 0. The second kappa shape index (κ2) is 5.33. The predicted octanol–water partition coefficient (Wildman–Crippen LogP) is 3.77.